The van der Waals surface area contributed by atoms with Gasteiger partial charge in [0.25, 0.3) is 11.8 Å². The van der Waals surface area contributed by atoms with Crippen molar-refractivity contribution in [2.24, 2.45) is 0 Å². The fourth-order valence-electron chi connectivity index (χ4n) is 2.92. The van der Waals surface area contributed by atoms with Crippen molar-refractivity contribution < 1.29 is 9.59 Å². The van der Waals surface area contributed by atoms with Crippen molar-refractivity contribution in [3.63, 3.8) is 0 Å². The Morgan fingerprint density at radius 2 is 1.74 bits per heavy atom. The number of piperidine rings is 1. The monoisotopic (exact) mass is 258 g/mol. The van der Waals surface area contributed by atoms with E-state index >= 15 is 0 Å². The van der Waals surface area contributed by atoms with Gasteiger partial charge in [0.1, 0.15) is 0 Å². The number of carbonyl (C=O) groups is 2. The Kier molecular flexibility index (Phi) is 3.11. The number of hydrogen-bond acceptors (Lipinski definition) is 3. The zero-order chi connectivity index (χ0) is 13.4. The first kappa shape index (κ1) is 12.4. The lowest BCUT2D eigenvalue weighted by Crippen LogP contribution is -2.47. The summed E-state index contributed by atoms with van der Waals surface area (Å²) in [6, 6.07) is 7.51. The van der Waals surface area contributed by atoms with Crippen LogP contribution in [0.15, 0.2) is 24.3 Å². The van der Waals surface area contributed by atoms with E-state index in [1.54, 1.807) is 24.3 Å². The van der Waals surface area contributed by atoms with Gasteiger partial charge in [-0.3, -0.25) is 19.4 Å². The summed E-state index contributed by atoms with van der Waals surface area (Å²) >= 11 is 0. The molecular formula is C15H18N2O2. The van der Waals surface area contributed by atoms with Crippen LogP contribution in [0.4, 0.5) is 0 Å². The SMILES string of the molecule is CC1CCCCN1CN1C(=O)c2ccccc2C1=O. The lowest BCUT2D eigenvalue weighted by molar-refractivity contribution is 0.0444. The van der Waals surface area contributed by atoms with Crippen LogP contribution in [0.2, 0.25) is 0 Å². The van der Waals surface area contributed by atoms with Gasteiger partial charge >= 0.3 is 0 Å². The minimum Gasteiger partial charge on any atom is -0.283 e. The highest BCUT2D eigenvalue weighted by molar-refractivity contribution is 6.21. The molecule has 0 saturated carbocycles. The Bertz CT molecular complexity index is 492. The van der Waals surface area contributed by atoms with Gasteiger partial charge in [-0.1, -0.05) is 18.6 Å². The van der Waals surface area contributed by atoms with E-state index in [1.807, 2.05) is 0 Å². The van der Waals surface area contributed by atoms with E-state index in [1.165, 1.54) is 11.3 Å². The average molecular weight is 258 g/mol. The van der Waals surface area contributed by atoms with Crippen LogP contribution in [0.25, 0.3) is 0 Å². The number of hydrogen-bond donors (Lipinski definition) is 0. The summed E-state index contributed by atoms with van der Waals surface area (Å²) in [6.45, 7) is 3.55. The first-order valence-corrected chi connectivity index (χ1v) is 6.88. The maximum atomic E-state index is 12.3. The lowest BCUT2D eigenvalue weighted by Gasteiger charge is -2.35. The molecule has 0 radical (unpaired) electrons. The van der Waals surface area contributed by atoms with Crippen molar-refractivity contribution in [1.29, 1.82) is 0 Å². The number of likely N-dealkylation sites (tertiary alicyclic amines) is 1. The normalized spacial score (nSPS) is 23.8. The second-order valence-corrected chi connectivity index (χ2v) is 5.38. The van der Waals surface area contributed by atoms with Crippen molar-refractivity contribution in [1.82, 2.24) is 9.80 Å². The molecule has 4 nitrogen and oxygen atoms in total. The summed E-state index contributed by atoms with van der Waals surface area (Å²) in [6.07, 6.45) is 3.52. The van der Waals surface area contributed by atoms with Gasteiger partial charge in [0.15, 0.2) is 0 Å². The van der Waals surface area contributed by atoms with Crippen LogP contribution in [0.3, 0.4) is 0 Å². The van der Waals surface area contributed by atoms with Gasteiger partial charge in [0.2, 0.25) is 0 Å². The smallest absolute Gasteiger partial charge is 0.262 e. The number of benzene rings is 1. The third-order valence-corrected chi connectivity index (χ3v) is 4.14. The molecule has 2 aliphatic heterocycles. The number of fused-ring (bicyclic) bond motifs is 1. The van der Waals surface area contributed by atoms with Gasteiger partial charge in [-0.2, -0.15) is 0 Å². The molecule has 3 rings (SSSR count). The Balaban J connectivity index is 1.80. The van der Waals surface area contributed by atoms with Crippen LogP contribution in [-0.2, 0) is 0 Å². The van der Waals surface area contributed by atoms with Crippen molar-refractivity contribution in [3.05, 3.63) is 35.4 Å². The third kappa shape index (κ3) is 2.06. The molecule has 1 aromatic carbocycles. The molecule has 0 bridgehead atoms. The summed E-state index contributed by atoms with van der Waals surface area (Å²) in [7, 11) is 0. The van der Waals surface area contributed by atoms with Gasteiger partial charge in [-0.25, -0.2) is 0 Å². The number of carbonyl (C=O) groups excluding carboxylic acids is 2. The molecule has 0 spiro atoms. The summed E-state index contributed by atoms with van der Waals surface area (Å²) < 4.78 is 0. The largest absolute Gasteiger partial charge is 0.283 e. The molecule has 2 amide bonds. The van der Waals surface area contributed by atoms with Crippen LogP contribution in [0.5, 0.6) is 0 Å². The number of nitrogens with zero attached hydrogens (tertiary/aromatic N) is 2. The van der Waals surface area contributed by atoms with E-state index in [4.69, 9.17) is 0 Å². The van der Waals surface area contributed by atoms with Gasteiger partial charge in [0.05, 0.1) is 17.8 Å². The summed E-state index contributed by atoms with van der Waals surface area (Å²) in [4.78, 5) is 28.1. The Morgan fingerprint density at radius 3 is 2.32 bits per heavy atom. The average Bonchev–Trinajstić information content (AvgIpc) is 2.67. The van der Waals surface area contributed by atoms with Gasteiger partial charge in [-0.05, 0) is 31.9 Å². The maximum Gasteiger partial charge on any atom is 0.262 e. The number of imide groups is 1. The molecule has 0 N–H and O–H groups in total. The molecule has 2 aliphatic rings. The minimum atomic E-state index is -0.154. The topological polar surface area (TPSA) is 40.6 Å². The summed E-state index contributed by atoms with van der Waals surface area (Å²) in [5.74, 6) is -0.309. The predicted octanol–water partition coefficient (Wildman–Crippen LogP) is 2.11. The van der Waals surface area contributed by atoms with Crippen LogP contribution >= 0.6 is 0 Å². The molecule has 1 saturated heterocycles. The van der Waals surface area contributed by atoms with Crippen LogP contribution < -0.4 is 0 Å². The quantitative estimate of drug-likeness (QED) is 0.763. The fourth-order valence-corrected chi connectivity index (χ4v) is 2.92. The molecule has 0 aromatic heterocycles. The molecule has 4 heteroatoms. The minimum absolute atomic E-state index is 0.154. The molecule has 1 atom stereocenters. The van der Waals surface area contributed by atoms with E-state index in [0.717, 1.165) is 19.4 Å². The van der Waals surface area contributed by atoms with Crippen molar-refractivity contribution in [3.8, 4) is 0 Å². The van der Waals surface area contributed by atoms with E-state index in [9.17, 15) is 9.59 Å². The van der Waals surface area contributed by atoms with E-state index in [0.29, 0.717) is 23.8 Å². The lowest BCUT2D eigenvalue weighted by atomic mass is 10.0. The Hall–Kier alpha value is -1.68. The Labute approximate surface area is 113 Å². The Morgan fingerprint density at radius 1 is 1.11 bits per heavy atom. The summed E-state index contributed by atoms with van der Waals surface area (Å²) in [5.41, 5.74) is 1.08. The van der Waals surface area contributed by atoms with Crippen molar-refractivity contribution >= 4 is 11.8 Å². The van der Waals surface area contributed by atoms with Crippen LogP contribution in [-0.4, -0.2) is 40.9 Å². The zero-order valence-corrected chi connectivity index (χ0v) is 11.1. The van der Waals surface area contributed by atoms with Gasteiger partial charge in [-0.15, -0.1) is 0 Å². The molecule has 1 aromatic rings. The van der Waals surface area contributed by atoms with Crippen molar-refractivity contribution in [2.45, 2.75) is 32.2 Å². The van der Waals surface area contributed by atoms with Crippen molar-refractivity contribution in [2.75, 3.05) is 13.2 Å². The van der Waals surface area contributed by atoms with Gasteiger partial charge in [0, 0.05) is 12.6 Å². The molecule has 1 unspecified atom stereocenters. The molecule has 0 aliphatic carbocycles. The molecule has 2 heterocycles. The fraction of sp³-hybridized carbons (Fsp3) is 0.467. The number of amides is 2. The van der Waals surface area contributed by atoms with E-state index in [-0.39, 0.29) is 11.8 Å². The second kappa shape index (κ2) is 4.78. The molecule has 1 fully saturated rings. The highest BCUT2D eigenvalue weighted by Gasteiger charge is 2.36. The third-order valence-electron chi connectivity index (χ3n) is 4.14. The first-order valence-electron chi connectivity index (χ1n) is 6.88. The standard InChI is InChI=1S/C15H18N2O2/c1-11-6-4-5-9-16(11)10-17-14(18)12-7-2-3-8-13(12)15(17)19/h2-3,7-8,11H,4-6,9-10H2,1H3. The van der Waals surface area contributed by atoms with E-state index in [2.05, 4.69) is 11.8 Å². The van der Waals surface area contributed by atoms with Crippen LogP contribution in [0, 0.1) is 0 Å². The predicted molar refractivity (Wildman–Crippen MR) is 71.8 cm³/mol. The second-order valence-electron chi connectivity index (χ2n) is 5.38. The first-order chi connectivity index (χ1) is 9.18. The van der Waals surface area contributed by atoms with E-state index < -0.39 is 0 Å². The molecule has 19 heavy (non-hydrogen) atoms. The summed E-state index contributed by atoms with van der Waals surface area (Å²) in [5, 5.41) is 0. The maximum absolute atomic E-state index is 12.3. The highest BCUT2D eigenvalue weighted by atomic mass is 16.2. The molecule has 100 valence electrons. The number of rotatable bonds is 2. The van der Waals surface area contributed by atoms with Gasteiger partial charge < -0.3 is 0 Å². The highest BCUT2D eigenvalue weighted by Crippen LogP contribution is 2.24. The zero-order valence-electron chi connectivity index (χ0n) is 11.1. The molecular weight excluding hydrogens is 240 g/mol. The van der Waals surface area contributed by atoms with Crippen LogP contribution in [0.1, 0.15) is 46.9 Å².